The van der Waals surface area contributed by atoms with Gasteiger partial charge in [0.15, 0.2) is 0 Å². The number of ether oxygens (including phenoxy) is 2. The van der Waals surface area contributed by atoms with Crippen molar-refractivity contribution in [3.8, 4) is 0 Å². The zero-order valence-corrected chi connectivity index (χ0v) is 28.7. The average molecular weight is 630 g/mol. The van der Waals surface area contributed by atoms with Crippen LogP contribution in [0.5, 0.6) is 0 Å². The summed E-state index contributed by atoms with van der Waals surface area (Å²) < 4.78 is 9.89. The molecule has 2 saturated carbocycles. The van der Waals surface area contributed by atoms with Gasteiger partial charge in [0, 0.05) is 26.4 Å². The van der Waals surface area contributed by atoms with Crippen molar-refractivity contribution in [3.63, 3.8) is 0 Å². The zero-order valence-electron chi connectivity index (χ0n) is 22.5. The molecule has 0 unspecified atom stereocenters. The van der Waals surface area contributed by atoms with Gasteiger partial charge in [-0.05, 0) is 86.4 Å². The van der Waals surface area contributed by atoms with E-state index in [2.05, 4.69) is 90.9 Å². The van der Waals surface area contributed by atoms with E-state index in [9.17, 15) is 0 Å². The quantitative estimate of drug-likeness (QED) is 0.341. The average Bonchev–Trinajstić information content (AvgIpc) is 3.52. The Balaban J connectivity index is 0.000000701. The van der Waals surface area contributed by atoms with Crippen LogP contribution in [-0.4, -0.2) is 59.1 Å². The Morgan fingerprint density at radius 2 is 0.788 bits per heavy atom. The van der Waals surface area contributed by atoms with E-state index < -0.39 is 24.2 Å². The van der Waals surface area contributed by atoms with Crippen molar-refractivity contribution in [1.29, 1.82) is 0 Å². The van der Waals surface area contributed by atoms with E-state index in [-0.39, 0.29) is 49.3 Å². The largest absolute Gasteiger partial charge is 3.00 e. The Morgan fingerprint density at radius 1 is 0.515 bits per heavy atom. The van der Waals surface area contributed by atoms with Crippen molar-refractivity contribution in [2.45, 2.75) is 78.1 Å². The van der Waals surface area contributed by atoms with Crippen LogP contribution in [0.3, 0.4) is 0 Å². The third kappa shape index (κ3) is 11.1. The van der Waals surface area contributed by atoms with Crippen molar-refractivity contribution in [3.05, 3.63) is 60.7 Å². The van der Waals surface area contributed by atoms with Crippen LogP contribution in [0.25, 0.3) is 0 Å². The smallest absolute Gasteiger partial charge is 1.00 e. The molecule has 0 bridgehead atoms. The molecule has 15 radical (unpaired) electrons. The first-order chi connectivity index (χ1) is 14.5. The summed E-state index contributed by atoms with van der Waals surface area (Å²) in [5.41, 5.74) is 6.74. The van der Waals surface area contributed by atoms with Gasteiger partial charge in [0.25, 0.3) is 0 Å². The van der Waals surface area contributed by atoms with Crippen LogP contribution < -0.4 is 0 Å². The van der Waals surface area contributed by atoms with Gasteiger partial charge in [0.2, 0.25) is 0 Å². The van der Waals surface area contributed by atoms with Crippen LogP contribution in [0, 0.1) is 102 Å². The second-order valence-corrected chi connectivity index (χ2v) is 25.9. The predicted molar refractivity (Wildman–Crippen MR) is 149 cm³/mol. The van der Waals surface area contributed by atoms with Gasteiger partial charge in [-0.25, -0.2) is 0 Å². The monoisotopic (exact) mass is 627 g/mol. The Kier molecular flexibility index (Phi) is 17.0. The zero-order chi connectivity index (χ0) is 23.1. The van der Waals surface area contributed by atoms with Gasteiger partial charge in [0.05, 0.1) is 24.2 Å². The molecule has 2 aliphatic heterocycles. The summed E-state index contributed by atoms with van der Waals surface area (Å²) in [7, 11) is -4.12. The summed E-state index contributed by atoms with van der Waals surface area (Å²) in [6.45, 7) is 23.9. The van der Waals surface area contributed by atoms with Crippen LogP contribution in [0.4, 0.5) is 0 Å². The van der Waals surface area contributed by atoms with Crippen LogP contribution >= 0.6 is 0 Å². The third-order valence-corrected chi connectivity index (χ3v) is 14.4. The van der Waals surface area contributed by atoms with E-state index >= 15 is 0 Å². The Hall–Kier alpha value is 1.99. The van der Waals surface area contributed by atoms with Crippen molar-refractivity contribution >= 4 is 32.6 Å². The van der Waals surface area contributed by atoms with Gasteiger partial charge in [0.1, 0.15) is 0 Å². The molecule has 4 aliphatic rings. The molecule has 0 aromatic rings. The fourth-order valence-electron chi connectivity index (χ4n) is 4.40. The first kappa shape index (κ1) is 35.0. The summed E-state index contributed by atoms with van der Waals surface area (Å²) >= 11 is 0. The van der Waals surface area contributed by atoms with E-state index in [4.69, 9.17) is 9.47 Å². The molecular weight excluding hydrogens is 584 g/mol. The molecule has 2 saturated heterocycles. The fraction of sp³-hybridized carbons (Fsp3) is 0.615. The van der Waals surface area contributed by atoms with Crippen LogP contribution in [0.1, 0.15) is 25.7 Å². The predicted octanol–water partition coefficient (Wildman–Crippen LogP) is 6.29. The molecule has 179 valence electrons. The molecule has 0 atom stereocenters. The minimum atomic E-state index is -1.59. The van der Waals surface area contributed by atoms with Crippen molar-refractivity contribution in [2.24, 2.45) is 0 Å². The Morgan fingerprint density at radius 3 is 1.00 bits per heavy atom. The molecule has 33 heavy (non-hydrogen) atoms. The molecule has 0 spiro atoms. The molecule has 7 heteroatoms. The Labute approximate surface area is 246 Å². The maximum Gasteiger partial charge on any atom is 3.00 e. The molecule has 0 amide bonds. The van der Waals surface area contributed by atoms with Crippen molar-refractivity contribution < 1.29 is 50.3 Å². The van der Waals surface area contributed by atoms with E-state index in [1.54, 1.807) is 22.2 Å². The summed E-state index contributed by atoms with van der Waals surface area (Å²) in [6.07, 6.45) is 19.3. The molecule has 0 N–H and O–H groups in total. The van der Waals surface area contributed by atoms with Crippen LogP contribution in [-0.2, 0) is 9.47 Å². The van der Waals surface area contributed by atoms with E-state index in [1.807, 2.05) is 0 Å². The normalized spacial score (nSPS) is 23.3. The first-order valence-electron chi connectivity index (χ1n) is 12.1. The summed E-state index contributed by atoms with van der Waals surface area (Å²) in [5.74, 6) is 0. The van der Waals surface area contributed by atoms with Gasteiger partial charge in [-0.2, -0.15) is 0 Å². The van der Waals surface area contributed by atoms with E-state index in [0.717, 1.165) is 26.4 Å². The molecule has 4 fully saturated rings. The van der Waals surface area contributed by atoms with Gasteiger partial charge in [-0.15, -0.1) is 0 Å². The van der Waals surface area contributed by atoms with Gasteiger partial charge < -0.3 is 17.9 Å². The van der Waals surface area contributed by atoms with Crippen LogP contribution in [0.2, 0.25) is 52.4 Å². The summed E-state index contributed by atoms with van der Waals surface area (Å²) in [6, 6.07) is 0. The Bertz CT molecular complexity index is 455. The first-order valence-corrected chi connectivity index (χ1v) is 22.1. The number of hydrogen-bond donors (Lipinski definition) is 0. The second-order valence-electron chi connectivity index (χ2n) is 11.5. The fourth-order valence-corrected chi connectivity index (χ4v) is 14.3. The molecule has 2 aliphatic carbocycles. The SMILES string of the molecule is C1CCOC1.C1CCOC1.C[Si](C)(C)[C]1[CH][CH][CH][C]1[Si](C)(C)[C]1[CH][CH][CH][C]1[Si](C)(C)C.[B-].[Nd+3]. The molecular formula is C26H46BNdO2Si3+2. The maximum atomic E-state index is 4.94. The van der Waals surface area contributed by atoms with Gasteiger partial charge >= 0.3 is 40.8 Å². The topological polar surface area (TPSA) is 18.5 Å². The summed E-state index contributed by atoms with van der Waals surface area (Å²) in [4.78, 5) is 0. The van der Waals surface area contributed by atoms with E-state index in [1.165, 1.54) is 25.7 Å². The molecule has 2 heterocycles. The molecule has 0 aromatic heterocycles. The number of hydrogen-bond acceptors (Lipinski definition) is 2. The summed E-state index contributed by atoms with van der Waals surface area (Å²) in [5, 5.41) is 0. The van der Waals surface area contributed by atoms with Gasteiger partial charge in [-0.3, -0.25) is 0 Å². The van der Waals surface area contributed by atoms with Gasteiger partial charge in [-0.1, -0.05) is 52.4 Å². The molecule has 4 rings (SSSR count). The van der Waals surface area contributed by atoms with Crippen molar-refractivity contribution in [2.75, 3.05) is 26.4 Å². The second kappa shape index (κ2) is 16.1. The minimum absolute atomic E-state index is 0. The standard InChI is InChI=1S/C18H30Si3.2C4H8O.B.Nd/c1-19(2,3)15-11-9-13-17(15)21(7,8)18-14-10-12-16(18)20(4,5)6;2*1-2-4-5-3-1;;/h9-14H,1-8H3;2*1-4H2;;/q;;;-1;+3. The van der Waals surface area contributed by atoms with E-state index in [0.29, 0.717) is 0 Å². The minimum Gasteiger partial charge on any atom is -1.00 e. The molecule has 0 aromatic carbocycles. The number of rotatable bonds is 4. The third-order valence-electron chi connectivity index (χ3n) is 6.25. The maximum absolute atomic E-state index is 4.94. The van der Waals surface area contributed by atoms with Crippen LogP contribution in [0.15, 0.2) is 0 Å². The molecule has 2 nitrogen and oxygen atoms in total. The van der Waals surface area contributed by atoms with Crippen molar-refractivity contribution in [1.82, 2.24) is 0 Å².